The zero-order valence-corrected chi connectivity index (χ0v) is 12.6. The molecule has 0 saturated carbocycles. The Labute approximate surface area is 126 Å². The number of aliphatic hydroxyl groups is 1. The summed E-state index contributed by atoms with van der Waals surface area (Å²) in [6.07, 6.45) is 0.895. The number of likely N-dealkylation sites (tertiary alicyclic amines) is 1. The smallest absolute Gasteiger partial charge is 0.251 e. The highest BCUT2D eigenvalue weighted by Gasteiger charge is 2.21. The van der Waals surface area contributed by atoms with E-state index >= 15 is 0 Å². The van der Waals surface area contributed by atoms with Gasteiger partial charge in [0.2, 0.25) is 5.91 Å². The Morgan fingerprint density at radius 3 is 2.70 bits per heavy atom. The van der Waals surface area contributed by atoms with Gasteiger partial charge in [-0.2, -0.15) is 0 Å². The Bertz CT molecular complexity index is 499. The van der Waals surface area contributed by atoms with Crippen molar-refractivity contribution in [3.63, 3.8) is 0 Å². The number of nitrogens with one attached hydrogen (secondary N) is 1. The number of carbonyl (C=O) groups excluding carboxylic acids is 2. The van der Waals surface area contributed by atoms with E-state index in [1.165, 1.54) is 0 Å². The fraction of sp³-hybridized carbons (Fsp3) is 0.429. The molecule has 0 unspecified atom stereocenters. The van der Waals surface area contributed by atoms with Crippen molar-refractivity contribution < 1.29 is 14.7 Å². The summed E-state index contributed by atoms with van der Waals surface area (Å²) in [5.41, 5.74) is 0.515. The maximum absolute atomic E-state index is 11.9. The van der Waals surface area contributed by atoms with Crippen LogP contribution < -0.4 is 5.32 Å². The standard InChI is InChI=1S/C14H17BrN2O3/c15-11-3-1-2-10(8-11)14(20)16-9-13(19)17-6-4-12(18)5-7-17/h1-3,8,12,18H,4-7,9H2,(H,16,20). The number of halogens is 1. The molecule has 20 heavy (non-hydrogen) atoms. The lowest BCUT2D eigenvalue weighted by Crippen LogP contribution is -2.45. The Kier molecular flexibility index (Phi) is 5.14. The number of amides is 2. The van der Waals surface area contributed by atoms with Crippen LogP contribution in [0.4, 0.5) is 0 Å². The fourth-order valence-corrected chi connectivity index (χ4v) is 2.51. The van der Waals surface area contributed by atoms with E-state index in [0.29, 0.717) is 31.5 Å². The Morgan fingerprint density at radius 2 is 2.05 bits per heavy atom. The molecule has 1 aromatic carbocycles. The first-order chi connectivity index (χ1) is 9.56. The monoisotopic (exact) mass is 340 g/mol. The van der Waals surface area contributed by atoms with Crippen molar-refractivity contribution in [3.05, 3.63) is 34.3 Å². The SMILES string of the molecule is O=C(NCC(=O)N1CCC(O)CC1)c1cccc(Br)c1. The predicted octanol–water partition coefficient (Wildman–Crippen LogP) is 1.16. The van der Waals surface area contributed by atoms with E-state index in [9.17, 15) is 14.7 Å². The highest BCUT2D eigenvalue weighted by Crippen LogP contribution is 2.12. The van der Waals surface area contributed by atoms with Crippen molar-refractivity contribution in [1.82, 2.24) is 10.2 Å². The number of aliphatic hydroxyl groups excluding tert-OH is 1. The number of carbonyl (C=O) groups is 2. The topological polar surface area (TPSA) is 69.6 Å². The van der Waals surface area contributed by atoms with Crippen LogP contribution in [0.5, 0.6) is 0 Å². The van der Waals surface area contributed by atoms with E-state index in [1.807, 2.05) is 6.07 Å². The van der Waals surface area contributed by atoms with Crippen LogP contribution in [0, 0.1) is 0 Å². The molecule has 0 atom stereocenters. The van der Waals surface area contributed by atoms with Crippen molar-refractivity contribution in [3.8, 4) is 0 Å². The van der Waals surface area contributed by atoms with Gasteiger partial charge in [0.25, 0.3) is 5.91 Å². The first kappa shape index (κ1) is 15.0. The number of rotatable bonds is 3. The van der Waals surface area contributed by atoms with Crippen molar-refractivity contribution >= 4 is 27.7 Å². The number of nitrogens with zero attached hydrogens (tertiary/aromatic N) is 1. The normalized spacial score (nSPS) is 16.0. The lowest BCUT2D eigenvalue weighted by atomic mass is 10.1. The van der Waals surface area contributed by atoms with E-state index in [2.05, 4.69) is 21.2 Å². The molecule has 0 aromatic heterocycles. The van der Waals surface area contributed by atoms with Crippen LogP contribution in [-0.4, -0.2) is 47.6 Å². The second-order valence-corrected chi connectivity index (χ2v) is 5.72. The molecule has 2 rings (SSSR count). The molecular formula is C14H17BrN2O3. The third kappa shape index (κ3) is 4.05. The van der Waals surface area contributed by atoms with Crippen LogP contribution >= 0.6 is 15.9 Å². The molecule has 1 aliphatic heterocycles. The number of piperidine rings is 1. The molecule has 6 heteroatoms. The summed E-state index contributed by atoms with van der Waals surface area (Å²) in [5.74, 6) is -0.378. The van der Waals surface area contributed by atoms with E-state index < -0.39 is 0 Å². The Morgan fingerprint density at radius 1 is 1.35 bits per heavy atom. The predicted molar refractivity (Wildman–Crippen MR) is 78.3 cm³/mol. The summed E-state index contributed by atoms with van der Waals surface area (Å²) in [4.78, 5) is 25.5. The van der Waals surface area contributed by atoms with Crippen LogP contribution in [0.2, 0.25) is 0 Å². The summed E-state index contributed by atoms with van der Waals surface area (Å²) in [7, 11) is 0. The minimum Gasteiger partial charge on any atom is -0.393 e. The summed E-state index contributed by atoms with van der Waals surface area (Å²) in [6.45, 7) is 1.08. The molecule has 0 spiro atoms. The Balaban J connectivity index is 1.82. The molecule has 1 saturated heterocycles. The molecule has 1 aliphatic rings. The highest BCUT2D eigenvalue weighted by molar-refractivity contribution is 9.10. The quantitative estimate of drug-likeness (QED) is 0.867. The molecule has 5 nitrogen and oxygen atoms in total. The minimum atomic E-state index is -0.310. The molecule has 0 radical (unpaired) electrons. The van der Waals surface area contributed by atoms with Gasteiger partial charge in [0, 0.05) is 23.1 Å². The number of benzene rings is 1. The average molecular weight is 341 g/mol. The fourth-order valence-electron chi connectivity index (χ4n) is 2.11. The zero-order valence-electron chi connectivity index (χ0n) is 11.0. The van der Waals surface area contributed by atoms with Crippen LogP contribution in [0.3, 0.4) is 0 Å². The second-order valence-electron chi connectivity index (χ2n) is 4.80. The third-order valence-corrected chi connectivity index (χ3v) is 3.80. The van der Waals surface area contributed by atoms with Crippen molar-refractivity contribution in [1.29, 1.82) is 0 Å². The maximum atomic E-state index is 11.9. The summed E-state index contributed by atoms with van der Waals surface area (Å²) in [5, 5.41) is 12.0. The van der Waals surface area contributed by atoms with E-state index in [0.717, 1.165) is 4.47 Å². The van der Waals surface area contributed by atoms with Crippen LogP contribution in [0.25, 0.3) is 0 Å². The molecular weight excluding hydrogens is 324 g/mol. The minimum absolute atomic E-state index is 0.0125. The highest BCUT2D eigenvalue weighted by atomic mass is 79.9. The van der Waals surface area contributed by atoms with Crippen molar-refractivity contribution in [2.24, 2.45) is 0 Å². The zero-order chi connectivity index (χ0) is 14.5. The molecule has 1 fully saturated rings. The summed E-state index contributed by atoms with van der Waals surface area (Å²) < 4.78 is 0.821. The number of hydrogen-bond acceptors (Lipinski definition) is 3. The van der Waals surface area contributed by atoms with E-state index in [1.54, 1.807) is 23.1 Å². The van der Waals surface area contributed by atoms with E-state index in [4.69, 9.17) is 0 Å². The Hall–Kier alpha value is -1.40. The van der Waals surface area contributed by atoms with Crippen molar-refractivity contribution in [2.45, 2.75) is 18.9 Å². The van der Waals surface area contributed by atoms with Crippen LogP contribution in [0.15, 0.2) is 28.7 Å². The largest absolute Gasteiger partial charge is 0.393 e. The van der Waals surface area contributed by atoms with E-state index in [-0.39, 0.29) is 24.5 Å². The lowest BCUT2D eigenvalue weighted by Gasteiger charge is -2.29. The van der Waals surface area contributed by atoms with Gasteiger partial charge in [-0.15, -0.1) is 0 Å². The molecule has 1 heterocycles. The molecule has 2 N–H and O–H groups in total. The van der Waals surface area contributed by atoms with Gasteiger partial charge in [0.1, 0.15) is 0 Å². The van der Waals surface area contributed by atoms with Gasteiger partial charge in [0.05, 0.1) is 12.6 Å². The van der Waals surface area contributed by atoms with Crippen molar-refractivity contribution in [2.75, 3.05) is 19.6 Å². The van der Waals surface area contributed by atoms with Crippen LogP contribution in [-0.2, 0) is 4.79 Å². The molecule has 1 aromatic rings. The lowest BCUT2D eigenvalue weighted by molar-refractivity contribution is -0.132. The molecule has 2 amide bonds. The average Bonchev–Trinajstić information content (AvgIpc) is 2.45. The summed E-state index contributed by atoms with van der Waals surface area (Å²) in [6, 6.07) is 7.01. The van der Waals surface area contributed by atoms with Gasteiger partial charge in [-0.3, -0.25) is 9.59 Å². The van der Waals surface area contributed by atoms with Gasteiger partial charge >= 0.3 is 0 Å². The first-order valence-electron chi connectivity index (χ1n) is 6.56. The van der Waals surface area contributed by atoms with Gasteiger partial charge in [-0.25, -0.2) is 0 Å². The van der Waals surface area contributed by atoms with Gasteiger partial charge in [-0.05, 0) is 31.0 Å². The van der Waals surface area contributed by atoms with Crippen LogP contribution in [0.1, 0.15) is 23.2 Å². The molecule has 0 aliphatic carbocycles. The first-order valence-corrected chi connectivity index (χ1v) is 7.35. The van der Waals surface area contributed by atoms with Gasteiger partial charge in [-0.1, -0.05) is 22.0 Å². The van der Waals surface area contributed by atoms with Gasteiger partial charge < -0.3 is 15.3 Å². The molecule has 108 valence electrons. The third-order valence-electron chi connectivity index (χ3n) is 3.30. The molecule has 0 bridgehead atoms. The van der Waals surface area contributed by atoms with Gasteiger partial charge in [0.15, 0.2) is 0 Å². The maximum Gasteiger partial charge on any atom is 0.251 e. The second kappa shape index (κ2) is 6.85. The number of hydrogen-bond donors (Lipinski definition) is 2. The summed E-state index contributed by atoms with van der Waals surface area (Å²) >= 11 is 3.30.